The molecule has 1 aromatic heterocycles. The molecule has 0 aliphatic rings. The number of aromatic nitrogens is 4. The van der Waals surface area contributed by atoms with Crippen LogP contribution in [0.25, 0.3) is 5.69 Å². The minimum absolute atomic E-state index is 0.138. The molecule has 8 nitrogen and oxygen atoms in total. The number of ether oxygens (including phenoxy) is 2. The van der Waals surface area contributed by atoms with Crippen molar-refractivity contribution in [2.45, 2.75) is 5.16 Å². The number of nitrogens with one attached hydrogen (secondary N) is 1. The van der Waals surface area contributed by atoms with E-state index in [2.05, 4.69) is 20.8 Å². The van der Waals surface area contributed by atoms with Gasteiger partial charge in [-0.2, -0.15) is 4.68 Å². The van der Waals surface area contributed by atoms with Gasteiger partial charge in [-0.15, -0.1) is 5.10 Å². The Morgan fingerprint density at radius 2 is 1.77 bits per heavy atom. The van der Waals surface area contributed by atoms with Crippen LogP contribution in [-0.4, -0.2) is 39.0 Å². The first-order chi connectivity index (χ1) is 15.2. The largest absolute Gasteiger partial charge is 0.494 e. The van der Waals surface area contributed by atoms with Crippen molar-refractivity contribution in [1.82, 2.24) is 20.2 Å². The van der Waals surface area contributed by atoms with Crippen molar-refractivity contribution < 1.29 is 14.3 Å². The van der Waals surface area contributed by atoms with Crippen LogP contribution in [-0.2, 0) is 4.79 Å². The van der Waals surface area contributed by atoms with E-state index in [1.807, 2.05) is 66.7 Å². The van der Waals surface area contributed by atoms with Gasteiger partial charge >= 0.3 is 0 Å². The number of carbonyl (C=O) groups is 1. The lowest BCUT2D eigenvalue weighted by Gasteiger charge is -2.10. The summed E-state index contributed by atoms with van der Waals surface area (Å²) in [6.07, 6.45) is 0. The van der Waals surface area contributed by atoms with Gasteiger partial charge in [0.25, 0.3) is 0 Å². The molecule has 4 aromatic rings. The number of benzene rings is 3. The number of methoxy groups -OCH3 is 1. The number of rotatable bonds is 8. The smallest absolute Gasteiger partial charge is 0.234 e. The minimum Gasteiger partial charge on any atom is -0.494 e. The summed E-state index contributed by atoms with van der Waals surface area (Å²) in [5.74, 6) is 1.95. The molecule has 0 fully saturated rings. The van der Waals surface area contributed by atoms with Gasteiger partial charge in [0.2, 0.25) is 11.1 Å². The summed E-state index contributed by atoms with van der Waals surface area (Å²) in [6, 6.07) is 24.1. The van der Waals surface area contributed by atoms with Crippen molar-refractivity contribution in [3.8, 4) is 22.9 Å². The zero-order valence-electron chi connectivity index (χ0n) is 16.6. The Morgan fingerprint density at radius 1 is 1.00 bits per heavy atom. The summed E-state index contributed by atoms with van der Waals surface area (Å²) in [7, 11) is 1.58. The number of hydrogen-bond acceptors (Lipinski definition) is 7. The van der Waals surface area contributed by atoms with Crippen LogP contribution >= 0.6 is 11.8 Å². The summed E-state index contributed by atoms with van der Waals surface area (Å²) >= 11 is 1.23. The molecule has 31 heavy (non-hydrogen) atoms. The Hall–Kier alpha value is -3.85. The van der Waals surface area contributed by atoms with Gasteiger partial charge in [0.15, 0.2) is 0 Å². The molecule has 0 saturated heterocycles. The highest BCUT2D eigenvalue weighted by atomic mass is 32.2. The third-order valence-corrected chi connectivity index (χ3v) is 5.10. The van der Waals surface area contributed by atoms with Crippen LogP contribution in [0.3, 0.4) is 0 Å². The first-order valence-corrected chi connectivity index (χ1v) is 10.4. The molecule has 0 bridgehead atoms. The fraction of sp³-hybridized carbons (Fsp3) is 0.0909. The summed E-state index contributed by atoms with van der Waals surface area (Å²) in [4.78, 5) is 12.5. The molecule has 0 unspecified atom stereocenters. The summed E-state index contributed by atoms with van der Waals surface area (Å²) in [6.45, 7) is 0. The lowest BCUT2D eigenvalue weighted by atomic mass is 10.3. The topological polar surface area (TPSA) is 91.2 Å². The normalized spacial score (nSPS) is 10.5. The van der Waals surface area contributed by atoms with Crippen LogP contribution in [0.1, 0.15) is 0 Å². The summed E-state index contributed by atoms with van der Waals surface area (Å²) in [5.41, 5.74) is 1.34. The maximum atomic E-state index is 12.5. The van der Waals surface area contributed by atoms with Crippen molar-refractivity contribution in [2.24, 2.45) is 0 Å². The molecule has 1 amide bonds. The molecule has 0 saturated carbocycles. The molecule has 0 atom stereocenters. The van der Waals surface area contributed by atoms with Crippen molar-refractivity contribution in [3.05, 3.63) is 78.9 Å². The average Bonchev–Trinajstić information content (AvgIpc) is 3.27. The molecule has 0 radical (unpaired) electrons. The Balaban J connectivity index is 1.39. The molecule has 156 valence electrons. The van der Waals surface area contributed by atoms with Gasteiger partial charge in [-0.1, -0.05) is 48.2 Å². The van der Waals surface area contributed by atoms with E-state index >= 15 is 0 Å². The Bertz CT molecular complexity index is 1170. The zero-order chi connectivity index (χ0) is 21.5. The van der Waals surface area contributed by atoms with E-state index in [1.165, 1.54) is 11.8 Å². The van der Waals surface area contributed by atoms with E-state index in [9.17, 15) is 4.79 Å². The van der Waals surface area contributed by atoms with E-state index in [0.717, 1.165) is 5.75 Å². The van der Waals surface area contributed by atoms with E-state index in [1.54, 1.807) is 23.9 Å². The summed E-state index contributed by atoms with van der Waals surface area (Å²) < 4.78 is 12.7. The van der Waals surface area contributed by atoms with Gasteiger partial charge < -0.3 is 14.8 Å². The SMILES string of the molecule is COc1ccccc1-n1nnnc1SCC(=O)Nc1cccc(Oc2ccccc2)c1. The predicted octanol–water partition coefficient (Wildman–Crippen LogP) is 4.19. The number of para-hydroxylation sites is 3. The molecule has 3 aromatic carbocycles. The second kappa shape index (κ2) is 9.77. The highest BCUT2D eigenvalue weighted by Crippen LogP contribution is 2.26. The number of hydrogen-bond donors (Lipinski definition) is 1. The van der Waals surface area contributed by atoms with Crippen LogP contribution in [0.4, 0.5) is 5.69 Å². The van der Waals surface area contributed by atoms with Gasteiger partial charge in [-0.3, -0.25) is 4.79 Å². The fourth-order valence-corrected chi connectivity index (χ4v) is 3.50. The van der Waals surface area contributed by atoms with Gasteiger partial charge in [0.05, 0.1) is 12.9 Å². The molecule has 1 N–H and O–H groups in total. The third kappa shape index (κ3) is 5.20. The maximum absolute atomic E-state index is 12.5. The second-order valence-electron chi connectivity index (χ2n) is 6.32. The molecular formula is C22H19N5O3S. The van der Waals surface area contributed by atoms with Crippen molar-refractivity contribution in [3.63, 3.8) is 0 Å². The Labute approximate surface area is 183 Å². The highest BCUT2D eigenvalue weighted by molar-refractivity contribution is 7.99. The fourth-order valence-electron chi connectivity index (χ4n) is 2.81. The van der Waals surface area contributed by atoms with Crippen LogP contribution in [0.5, 0.6) is 17.2 Å². The van der Waals surface area contributed by atoms with Crippen LogP contribution < -0.4 is 14.8 Å². The quantitative estimate of drug-likeness (QED) is 0.417. The van der Waals surface area contributed by atoms with Crippen molar-refractivity contribution >= 4 is 23.4 Å². The lowest BCUT2D eigenvalue weighted by Crippen LogP contribution is -2.14. The van der Waals surface area contributed by atoms with Crippen LogP contribution in [0.2, 0.25) is 0 Å². The zero-order valence-corrected chi connectivity index (χ0v) is 17.5. The maximum Gasteiger partial charge on any atom is 0.234 e. The second-order valence-corrected chi connectivity index (χ2v) is 7.27. The number of tetrazole rings is 1. The molecule has 0 spiro atoms. The average molecular weight is 433 g/mol. The highest BCUT2D eigenvalue weighted by Gasteiger charge is 2.14. The van der Waals surface area contributed by atoms with Crippen molar-refractivity contribution in [2.75, 3.05) is 18.2 Å². The van der Waals surface area contributed by atoms with Crippen LogP contribution in [0, 0.1) is 0 Å². The van der Waals surface area contributed by atoms with E-state index in [0.29, 0.717) is 28.0 Å². The molecule has 4 rings (SSSR count). The number of carbonyl (C=O) groups excluding carboxylic acids is 1. The van der Waals surface area contributed by atoms with Gasteiger partial charge in [-0.25, -0.2) is 0 Å². The molecule has 0 aliphatic heterocycles. The lowest BCUT2D eigenvalue weighted by molar-refractivity contribution is -0.113. The molecular weight excluding hydrogens is 414 g/mol. The van der Waals surface area contributed by atoms with E-state index < -0.39 is 0 Å². The number of thioether (sulfide) groups is 1. The summed E-state index contributed by atoms with van der Waals surface area (Å²) in [5, 5.41) is 15.1. The molecule has 9 heteroatoms. The minimum atomic E-state index is -0.184. The monoisotopic (exact) mass is 433 g/mol. The standard InChI is InChI=1S/C22H19N5O3S/c1-29-20-13-6-5-12-19(20)27-22(24-25-26-27)31-15-21(28)23-16-8-7-11-18(14-16)30-17-9-3-2-4-10-17/h2-14H,15H2,1H3,(H,23,28). The van der Waals surface area contributed by atoms with Crippen LogP contribution in [0.15, 0.2) is 84.0 Å². The Kier molecular flexibility index (Phi) is 6.44. The van der Waals surface area contributed by atoms with Crippen molar-refractivity contribution in [1.29, 1.82) is 0 Å². The van der Waals surface area contributed by atoms with Gasteiger partial charge in [-0.05, 0) is 46.8 Å². The Morgan fingerprint density at radius 3 is 2.61 bits per heavy atom. The predicted molar refractivity (Wildman–Crippen MR) is 118 cm³/mol. The van der Waals surface area contributed by atoms with E-state index in [-0.39, 0.29) is 11.7 Å². The number of anilines is 1. The number of nitrogens with zero attached hydrogens (tertiary/aromatic N) is 4. The third-order valence-electron chi connectivity index (χ3n) is 4.18. The number of amides is 1. The van der Waals surface area contributed by atoms with E-state index in [4.69, 9.17) is 9.47 Å². The molecule has 1 heterocycles. The first kappa shape index (κ1) is 20.4. The van der Waals surface area contributed by atoms with Gasteiger partial charge in [0, 0.05) is 11.8 Å². The first-order valence-electron chi connectivity index (χ1n) is 9.40. The van der Waals surface area contributed by atoms with Gasteiger partial charge in [0.1, 0.15) is 22.9 Å². The molecule has 0 aliphatic carbocycles.